The minimum atomic E-state index is -2.92. The highest BCUT2D eigenvalue weighted by Crippen LogP contribution is 2.16. The van der Waals surface area contributed by atoms with Crippen LogP contribution >= 0.6 is 0 Å². The number of sulfone groups is 1. The number of nitrogens with zero attached hydrogens (tertiary/aromatic N) is 1. The molecule has 23 heavy (non-hydrogen) atoms. The van der Waals surface area contributed by atoms with Gasteiger partial charge in [0.25, 0.3) is 0 Å². The van der Waals surface area contributed by atoms with Gasteiger partial charge in [-0.2, -0.15) is 0 Å². The highest BCUT2D eigenvalue weighted by molar-refractivity contribution is 7.91. The van der Waals surface area contributed by atoms with Crippen molar-refractivity contribution in [2.45, 2.75) is 18.9 Å². The Morgan fingerprint density at radius 2 is 2.22 bits per heavy atom. The molecule has 1 fully saturated rings. The third-order valence-electron chi connectivity index (χ3n) is 4.09. The van der Waals surface area contributed by atoms with Gasteiger partial charge in [-0.05, 0) is 37.6 Å². The van der Waals surface area contributed by atoms with E-state index in [1.165, 1.54) is 0 Å². The second-order valence-corrected chi connectivity index (χ2v) is 8.15. The van der Waals surface area contributed by atoms with E-state index < -0.39 is 9.84 Å². The lowest BCUT2D eigenvalue weighted by molar-refractivity contribution is -0.122. The van der Waals surface area contributed by atoms with Gasteiger partial charge in [0.1, 0.15) is 5.75 Å². The molecule has 1 N–H and O–H groups in total. The second kappa shape index (κ2) is 7.79. The van der Waals surface area contributed by atoms with E-state index in [1.54, 1.807) is 14.2 Å². The van der Waals surface area contributed by atoms with Gasteiger partial charge in [0.15, 0.2) is 9.84 Å². The molecule has 0 saturated carbocycles. The summed E-state index contributed by atoms with van der Waals surface area (Å²) < 4.78 is 28.1. The van der Waals surface area contributed by atoms with Gasteiger partial charge in [-0.3, -0.25) is 9.69 Å². The zero-order valence-corrected chi connectivity index (χ0v) is 14.4. The SMILES string of the molecule is COc1cccc(CCNC(=O)CN(C)C2CCS(=O)(=O)C2)c1. The van der Waals surface area contributed by atoms with E-state index in [1.807, 2.05) is 29.2 Å². The average Bonchev–Trinajstić information content (AvgIpc) is 2.88. The fraction of sp³-hybridized carbons (Fsp3) is 0.562. The molecule has 1 aromatic rings. The van der Waals surface area contributed by atoms with Gasteiger partial charge in [-0.15, -0.1) is 0 Å². The number of likely N-dealkylation sites (N-methyl/N-ethyl adjacent to an activating group) is 1. The number of ether oxygens (including phenoxy) is 1. The monoisotopic (exact) mass is 340 g/mol. The van der Waals surface area contributed by atoms with Crippen molar-refractivity contribution in [2.75, 3.05) is 38.8 Å². The summed E-state index contributed by atoms with van der Waals surface area (Å²) in [6, 6.07) is 7.69. The number of nitrogens with one attached hydrogen (secondary N) is 1. The van der Waals surface area contributed by atoms with Crippen molar-refractivity contribution < 1.29 is 17.9 Å². The lowest BCUT2D eigenvalue weighted by Crippen LogP contribution is -2.41. The van der Waals surface area contributed by atoms with Crippen LogP contribution in [-0.4, -0.2) is 64.0 Å². The predicted octanol–water partition coefficient (Wildman–Crippen LogP) is 0.473. The Morgan fingerprint density at radius 1 is 1.43 bits per heavy atom. The van der Waals surface area contributed by atoms with Crippen LogP contribution < -0.4 is 10.1 Å². The van der Waals surface area contributed by atoms with Gasteiger partial charge >= 0.3 is 0 Å². The van der Waals surface area contributed by atoms with Crippen LogP contribution in [-0.2, 0) is 21.1 Å². The van der Waals surface area contributed by atoms with Crippen LogP contribution in [0.15, 0.2) is 24.3 Å². The first kappa shape index (κ1) is 17.7. The van der Waals surface area contributed by atoms with Crippen LogP contribution in [0.5, 0.6) is 5.75 Å². The summed E-state index contributed by atoms with van der Waals surface area (Å²) in [5.41, 5.74) is 1.10. The highest BCUT2D eigenvalue weighted by Gasteiger charge is 2.31. The lowest BCUT2D eigenvalue weighted by atomic mass is 10.1. The zero-order chi connectivity index (χ0) is 16.9. The molecule has 0 radical (unpaired) electrons. The summed E-state index contributed by atoms with van der Waals surface area (Å²) in [5, 5.41) is 2.87. The van der Waals surface area contributed by atoms with Crippen LogP contribution in [0.2, 0.25) is 0 Å². The summed E-state index contributed by atoms with van der Waals surface area (Å²) in [7, 11) is 0.503. The van der Waals surface area contributed by atoms with Crippen LogP contribution in [0, 0.1) is 0 Å². The zero-order valence-electron chi connectivity index (χ0n) is 13.6. The molecule has 2 rings (SSSR count). The number of benzene rings is 1. The predicted molar refractivity (Wildman–Crippen MR) is 89.4 cm³/mol. The number of methoxy groups -OCH3 is 1. The smallest absolute Gasteiger partial charge is 0.234 e. The van der Waals surface area contributed by atoms with Crippen LogP contribution in [0.1, 0.15) is 12.0 Å². The normalized spacial score (nSPS) is 19.7. The number of hydrogen-bond acceptors (Lipinski definition) is 5. The third-order valence-corrected chi connectivity index (χ3v) is 5.85. The minimum absolute atomic E-state index is 0.0517. The van der Waals surface area contributed by atoms with Crippen molar-refractivity contribution in [3.63, 3.8) is 0 Å². The molecular formula is C16H24N2O4S. The lowest BCUT2D eigenvalue weighted by Gasteiger charge is -2.22. The van der Waals surface area contributed by atoms with Crippen LogP contribution in [0.3, 0.4) is 0 Å². The van der Waals surface area contributed by atoms with Gasteiger partial charge in [0, 0.05) is 12.6 Å². The quantitative estimate of drug-likeness (QED) is 0.781. The fourth-order valence-electron chi connectivity index (χ4n) is 2.71. The van der Waals surface area contributed by atoms with Crippen molar-refractivity contribution in [3.05, 3.63) is 29.8 Å². The first-order chi connectivity index (χ1) is 10.9. The molecule has 1 aromatic carbocycles. The topological polar surface area (TPSA) is 75.7 Å². The molecule has 1 amide bonds. The standard InChI is InChI=1S/C16H24N2O4S/c1-18(14-7-9-23(20,21)12-14)11-16(19)17-8-6-13-4-3-5-15(10-13)22-2/h3-5,10,14H,6-9,11-12H2,1-2H3,(H,17,19). The molecule has 0 bridgehead atoms. The average molecular weight is 340 g/mol. The molecular weight excluding hydrogens is 316 g/mol. The highest BCUT2D eigenvalue weighted by atomic mass is 32.2. The molecule has 0 spiro atoms. The van der Waals surface area contributed by atoms with Crippen molar-refractivity contribution in [2.24, 2.45) is 0 Å². The van der Waals surface area contributed by atoms with Crippen molar-refractivity contribution in [3.8, 4) is 5.75 Å². The van der Waals surface area contributed by atoms with Gasteiger partial charge in [0.05, 0.1) is 25.2 Å². The Kier molecular flexibility index (Phi) is 6.01. The number of rotatable bonds is 7. The Morgan fingerprint density at radius 3 is 2.87 bits per heavy atom. The summed E-state index contributed by atoms with van der Waals surface area (Å²) >= 11 is 0. The van der Waals surface area contributed by atoms with Crippen molar-refractivity contribution in [1.29, 1.82) is 0 Å². The first-order valence-corrected chi connectivity index (χ1v) is 9.52. The third kappa shape index (κ3) is 5.51. The van der Waals surface area contributed by atoms with E-state index in [4.69, 9.17) is 4.74 Å². The number of carbonyl (C=O) groups is 1. The van der Waals surface area contributed by atoms with Crippen molar-refractivity contribution >= 4 is 15.7 Å². The second-order valence-electron chi connectivity index (χ2n) is 5.92. The molecule has 1 saturated heterocycles. The molecule has 1 atom stereocenters. The summed E-state index contributed by atoms with van der Waals surface area (Å²) in [6.45, 7) is 0.765. The Labute approximate surface area is 137 Å². The summed E-state index contributed by atoms with van der Waals surface area (Å²) in [4.78, 5) is 13.8. The maximum atomic E-state index is 12.0. The first-order valence-electron chi connectivity index (χ1n) is 7.70. The minimum Gasteiger partial charge on any atom is -0.497 e. The van der Waals surface area contributed by atoms with E-state index >= 15 is 0 Å². The maximum Gasteiger partial charge on any atom is 0.234 e. The number of amides is 1. The Hall–Kier alpha value is -1.60. The van der Waals surface area contributed by atoms with E-state index in [0.29, 0.717) is 13.0 Å². The van der Waals surface area contributed by atoms with Gasteiger partial charge in [0.2, 0.25) is 5.91 Å². The van der Waals surface area contributed by atoms with Gasteiger partial charge < -0.3 is 10.1 Å². The van der Waals surface area contributed by atoms with Gasteiger partial charge in [-0.1, -0.05) is 12.1 Å². The number of carbonyl (C=O) groups excluding carboxylic acids is 1. The molecule has 7 heteroatoms. The Bertz CT molecular complexity index is 645. The van der Waals surface area contributed by atoms with Gasteiger partial charge in [-0.25, -0.2) is 8.42 Å². The van der Waals surface area contributed by atoms with E-state index in [2.05, 4.69) is 5.32 Å². The summed E-state index contributed by atoms with van der Waals surface area (Å²) in [5.74, 6) is 1.09. The molecule has 128 valence electrons. The molecule has 1 heterocycles. The van der Waals surface area contributed by atoms with E-state index in [9.17, 15) is 13.2 Å². The molecule has 1 aliphatic rings. The van der Waals surface area contributed by atoms with Crippen LogP contribution in [0.25, 0.3) is 0 Å². The molecule has 6 nitrogen and oxygen atoms in total. The molecule has 0 aromatic heterocycles. The molecule has 1 unspecified atom stereocenters. The Balaban J connectivity index is 1.72. The maximum absolute atomic E-state index is 12.0. The van der Waals surface area contributed by atoms with Crippen LogP contribution in [0.4, 0.5) is 0 Å². The fourth-order valence-corrected chi connectivity index (χ4v) is 4.51. The van der Waals surface area contributed by atoms with E-state index in [-0.39, 0.29) is 30.0 Å². The molecule has 0 aliphatic carbocycles. The summed E-state index contributed by atoms with van der Waals surface area (Å²) in [6.07, 6.45) is 1.33. The number of hydrogen-bond donors (Lipinski definition) is 1. The molecule has 1 aliphatic heterocycles. The van der Waals surface area contributed by atoms with Crippen molar-refractivity contribution in [1.82, 2.24) is 10.2 Å². The largest absolute Gasteiger partial charge is 0.497 e. The van der Waals surface area contributed by atoms with E-state index in [0.717, 1.165) is 17.7 Å².